The minimum atomic E-state index is -3.86. The van der Waals surface area contributed by atoms with Crippen molar-refractivity contribution in [2.24, 2.45) is 10.1 Å². The number of halogens is 1. The molecule has 0 fully saturated rings. The fourth-order valence-electron chi connectivity index (χ4n) is 2.35. The van der Waals surface area contributed by atoms with E-state index in [0.29, 0.717) is 0 Å². The van der Waals surface area contributed by atoms with Gasteiger partial charge in [-0.1, -0.05) is 0 Å². The molecule has 0 aliphatic heterocycles. The second kappa shape index (κ2) is 7.21. The first-order valence-electron chi connectivity index (χ1n) is 7.68. The Kier molecular flexibility index (Phi) is 4.94. The van der Waals surface area contributed by atoms with Crippen LogP contribution in [-0.4, -0.2) is 29.3 Å². The van der Waals surface area contributed by atoms with Crippen LogP contribution < -0.4 is 16.4 Å². The molecule has 2 aromatic carbocycles. The predicted molar refractivity (Wildman–Crippen MR) is 99.4 cm³/mol. The zero-order valence-corrected chi connectivity index (χ0v) is 14.9. The summed E-state index contributed by atoms with van der Waals surface area (Å²) in [6, 6.07) is 9.83. The summed E-state index contributed by atoms with van der Waals surface area (Å²) in [5.41, 5.74) is -1.72. The van der Waals surface area contributed by atoms with Gasteiger partial charge in [0.15, 0.2) is 0 Å². The van der Waals surface area contributed by atoms with Crippen molar-refractivity contribution in [3.8, 4) is 11.6 Å². The molecule has 0 aliphatic carbocycles. The van der Waals surface area contributed by atoms with Crippen molar-refractivity contribution >= 4 is 21.9 Å². The molecule has 1 aromatic heterocycles. The number of aromatic nitrogens is 2. The number of hydrogen-bond acceptors (Lipinski definition) is 6. The molecule has 0 atom stereocenters. The number of rotatable bonds is 4. The highest BCUT2D eigenvalue weighted by atomic mass is 32.2. The number of sulfonamides is 1. The van der Waals surface area contributed by atoms with Gasteiger partial charge in [-0.25, -0.2) is 27.3 Å². The molecule has 0 unspecified atom stereocenters. The van der Waals surface area contributed by atoms with E-state index in [1.807, 2.05) is 4.98 Å². The van der Waals surface area contributed by atoms with Gasteiger partial charge in [-0.3, -0.25) is 14.8 Å². The minimum absolute atomic E-state index is 0.114. The molecule has 11 heteroatoms. The van der Waals surface area contributed by atoms with Crippen LogP contribution in [0.1, 0.15) is 5.56 Å². The fourth-order valence-corrected chi connectivity index (χ4v) is 2.86. The summed E-state index contributed by atoms with van der Waals surface area (Å²) in [7, 11) is -3.86. The van der Waals surface area contributed by atoms with Crippen molar-refractivity contribution < 1.29 is 17.9 Å². The van der Waals surface area contributed by atoms with Gasteiger partial charge in [-0.2, -0.15) is 0 Å². The van der Waals surface area contributed by atoms with Crippen LogP contribution in [0.15, 0.2) is 68.0 Å². The van der Waals surface area contributed by atoms with Gasteiger partial charge in [0.1, 0.15) is 11.4 Å². The lowest BCUT2D eigenvalue weighted by atomic mass is 10.2. The first-order valence-corrected chi connectivity index (χ1v) is 9.22. The van der Waals surface area contributed by atoms with E-state index in [2.05, 4.69) is 4.99 Å². The SMILES string of the molecule is NS(=O)(=O)c1ccc(N=Cc2c(O)n(-c3ccc(F)cc3)c(=O)[nH]c2=O)cc1. The Morgan fingerprint density at radius 1 is 1.07 bits per heavy atom. The Morgan fingerprint density at radius 2 is 1.68 bits per heavy atom. The molecule has 0 saturated heterocycles. The summed E-state index contributed by atoms with van der Waals surface area (Å²) in [6.45, 7) is 0. The van der Waals surface area contributed by atoms with E-state index in [1.54, 1.807) is 0 Å². The molecular formula is C17H13FN4O5S. The number of aromatic hydroxyl groups is 1. The van der Waals surface area contributed by atoms with E-state index in [4.69, 9.17) is 5.14 Å². The molecule has 0 saturated carbocycles. The van der Waals surface area contributed by atoms with Crippen LogP contribution >= 0.6 is 0 Å². The molecule has 3 rings (SSSR count). The predicted octanol–water partition coefficient (Wildman–Crippen LogP) is 0.769. The molecule has 3 aromatic rings. The summed E-state index contributed by atoms with van der Waals surface area (Å²) < 4.78 is 36.4. The Balaban J connectivity index is 2.04. The van der Waals surface area contributed by atoms with Crippen LogP contribution in [0.4, 0.5) is 10.1 Å². The number of nitrogens with zero attached hydrogens (tertiary/aromatic N) is 2. The van der Waals surface area contributed by atoms with Crippen LogP contribution in [-0.2, 0) is 10.0 Å². The fraction of sp³-hybridized carbons (Fsp3) is 0. The van der Waals surface area contributed by atoms with Gasteiger partial charge < -0.3 is 5.11 Å². The van der Waals surface area contributed by atoms with E-state index in [1.165, 1.54) is 36.4 Å². The zero-order valence-electron chi connectivity index (χ0n) is 14.0. The maximum Gasteiger partial charge on any atom is 0.335 e. The van der Waals surface area contributed by atoms with Crippen molar-refractivity contribution in [2.45, 2.75) is 4.90 Å². The Bertz CT molecular complexity index is 1280. The smallest absolute Gasteiger partial charge is 0.335 e. The maximum atomic E-state index is 13.1. The van der Waals surface area contributed by atoms with E-state index in [9.17, 15) is 27.5 Å². The van der Waals surface area contributed by atoms with Crippen molar-refractivity contribution in [3.63, 3.8) is 0 Å². The van der Waals surface area contributed by atoms with Gasteiger partial charge in [0.25, 0.3) is 5.56 Å². The summed E-state index contributed by atoms with van der Waals surface area (Å²) in [4.78, 5) is 30.0. The highest BCUT2D eigenvalue weighted by Crippen LogP contribution is 2.18. The van der Waals surface area contributed by atoms with Crippen LogP contribution in [0, 0.1) is 5.82 Å². The van der Waals surface area contributed by atoms with E-state index < -0.39 is 33.0 Å². The van der Waals surface area contributed by atoms with Crippen molar-refractivity contribution in [2.75, 3.05) is 0 Å². The van der Waals surface area contributed by atoms with Gasteiger partial charge in [0, 0.05) is 6.21 Å². The van der Waals surface area contributed by atoms with Crippen LogP contribution in [0.25, 0.3) is 5.69 Å². The summed E-state index contributed by atoms with van der Waals surface area (Å²) in [5.74, 6) is -1.23. The first kappa shape index (κ1) is 19.2. The normalized spacial score (nSPS) is 11.8. The number of benzene rings is 2. The van der Waals surface area contributed by atoms with Gasteiger partial charge >= 0.3 is 5.69 Å². The lowest BCUT2D eigenvalue weighted by molar-refractivity contribution is 0.430. The lowest BCUT2D eigenvalue weighted by Gasteiger charge is -2.09. The van der Waals surface area contributed by atoms with E-state index in [-0.39, 0.29) is 21.8 Å². The van der Waals surface area contributed by atoms with Gasteiger partial charge in [0.2, 0.25) is 15.9 Å². The highest BCUT2D eigenvalue weighted by molar-refractivity contribution is 7.89. The minimum Gasteiger partial charge on any atom is -0.493 e. The number of primary sulfonamides is 1. The third-order valence-electron chi connectivity index (χ3n) is 3.71. The van der Waals surface area contributed by atoms with Gasteiger partial charge in [-0.15, -0.1) is 0 Å². The molecule has 9 nitrogen and oxygen atoms in total. The molecular weight excluding hydrogens is 391 g/mol. The largest absolute Gasteiger partial charge is 0.493 e. The van der Waals surface area contributed by atoms with Crippen molar-refractivity contribution in [3.05, 3.63) is 80.7 Å². The third kappa shape index (κ3) is 3.89. The average molecular weight is 404 g/mol. The quantitative estimate of drug-likeness (QED) is 0.549. The zero-order chi connectivity index (χ0) is 20.5. The molecule has 28 heavy (non-hydrogen) atoms. The maximum absolute atomic E-state index is 13.1. The number of H-pyrrole nitrogens is 1. The molecule has 1 heterocycles. The monoisotopic (exact) mass is 404 g/mol. The molecule has 0 aliphatic rings. The van der Waals surface area contributed by atoms with E-state index in [0.717, 1.165) is 22.9 Å². The Hall–Kier alpha value is -3.57. The first-order chi connectivity index (χ1) is 13.2. The Labute approximate surface area is 157 Å². The number of hydrogen-bond donors (Lipinski definition) is 3. The molecule has 144 valence electrons. The summed E-state index contributed by atoms with van der Waals surface area (Å²) >= 11 is 0. The summed E-state index contributed by atoms with van der Waals surface area (Å²) in [5, 5.41) is 15.4. The lowest BCUT2D eigenvalue weighted by Crippen LogP contribution is -2.31. The van der Waals surface area contributed by atoms with Crippen LogP contribution in [0.3, 0.4) is 0 Å². The van der Waals surface area contributed by atoms with Crippen LogP contribution in [0.5, 0.6) is 5.88 Å². The number of aliphatic imine (C=N–C) groups is 1. The standard InChI is InChI=1S/C17H13FN4O5S/c18-10-1-5-12(6-2-10)22-16(24)14(15(23)21-17(22)25)9-20-11-3-7-13(8-4-11)28(19,26)27/h1-9,24H,(H2,19,26,27)(H,21,23,25). The van der Waals surface area contributed by atoms with Gasteiger partial charge in [-0.05, 0) is 48.5 Å². The van der Waals surface area contributed by atoms with Gasteiger partial charge in [0.05, 0.1) is 16.3 Å². The second-order valence-electron chi connectivity index (χ2n) is 5.61. The van der Waals surface area contributed by atoms with Crippen LogP contribution in [0.2, 0.25) is 0 Å². The highest BCUT2D eigenvalue weighted by Gasteiger charge is 2.14. The number of nitrogens with one attached hydrogen (secondary N) is 1. The van der Waals surface area contributed by atoms with Crippen molar-refractivity contribution in [1.82, 2.24) is 9.55 Å². The molecule has 0 amide bonds. The van der Waals surface area contributed by atoms with Crippen molar-refractivity contribution in [1.29, 1.82) is 0 Å². The third-order valence-corrected chi connectivity index (χ3v) is 4.64. The van der Waals surface area contributed by atoms with E-state index >= 15 is 0 Å². The number of nitrogens with two attached hydrogens (primary N) is 1. The topological polar surface area (TPSA) is 148 Å². The second-order valence-corrected chi connectivity index (χ2v) is 7.17. The molecule has 0 bridgehead atoms. The Morgan fingerprint density at radius 3 is 2.25 bits per heavy atom. The molecule has 0 spiro atoms. The molecule has 4 N–H and O–H groups in total. The average Bonchev–Trinajstić information content (AvgIpc) is 2.62. The number of aromatic amines is 1. The molecule has 0 radical (unpaired) electrons. The summed E-state index contributed by atoms with van der Waals surface area (Å²) in [6.07, 6.45) is 1.01.